The van der Waals surface area contributed by atoms with E-state index in [0.717, 1.165) is 12.0 Å². The zero-order valence-electron chi connectivity index (χ0n) is 12.7. The first-order chi connectivity index (χ1) is 9.88. The molecule has 0 fully saturated rings. The van der Waals surface area contributed by atoms with Crippen LogP contribution in [-0.4, -0.2) is 11.6 Å². The molecule has 0 N–H and O–H groups in total. The third-order valence-corrected chi connectivity index (χ3v) is 3.58. The van der Waals surface area contributed by atoms with Gasteiger partial charge < -0.3 is 4.74 Å². The van der Waals surface area contributed by atoms with E-state index in [1.807, 2.05) is 45.0 Å². The Morgan fingerprint density at radius 1 is 1.43 bits per heavy atom. The molecule has 1 atom stereocenters. The van der Waals surface area contributed by atoms with Crippen molar-refractivity contribution >= 4 is 17.6 Å². The van der Waals surface area contributed by atoms with E-state index in [0.29, 0.717) is 11.4 Å². The van der Waals surface area contributed by atoms with E-state index in [9.17, 15) is 4.79 Å². The molecule has 0 amide bonds. The zero-order chi connectivity index (χ0) is 15.9. The number of ether oxygens (including phenoxy) is 1. The van der Waals surface area contributed by atoms with Gasteiger partial charge in [-0.1, -0.05) is 42.7 Å². The number of hydrogen-bond acceptors (Lipinski definition) is 2. The van der Waals surface area contributed by atoms with Crippen LogP contribution in [0.4, 0.5) is 0 Å². The summed E-state index contributed by atoms with van der Waals surface area (Å²) >= 11 is 5.85. The van der Waals surface area contributed by atoms with E-state index in [1.165, 1.54) is 6.08 Å². The number of terminal acetylenes is 1. The monoisotopic (exact) mass is 304 g/mol. The summed E-state index contributed by atoms with van der Waals surface area (Å²) in [5.74, 6) is 2.31. The topological polar surface area (TPSA) is 26.3 Å². The standard InChI is InChI=1S/C18H21ClO2/c1-5-14(15-10-12-16(19)13-11-15)8-7-9-17(20)21-18(3,4)6-2/h1,7,9-14H,6,8H2,2-4H3/b9-7+/t14-/m0/s1. The summed E-state index contributed by atoms with van der Waals surface area (Å²) in [4.78, 5) is 11.7. The van der Waals surface area contributed by atoms with Crippen molar-refractivity contribution in [2.45, 2.75) is 45.1 Å². The van der Waals surface area contributed by atoms with E-state index < -0.39 is 5.60 Å². The van der Waals surface area contributed by atoms with Crippen molar-refractivity contribution in [2.75, 3.05) is 0 Å². The zero-order valence-corrected chi connectivity index (χ0v) is 13.5. The molecule has 1 aromatic carbocycles. The van der Waals surface area contributed by atoms with Crippen LogP contribution in [0.1, 0.15) is 45.1 Å². The highest BCUT2D eigenvalue weighted by atomic mass is 35.5. The van der Waals surface area contributed by atoms with Crippen LogP contribution in [0.15, 0.2) is 36.4 Å². The normalized spacial score (nSPS) is 12.9. The number of hydrogen-bond donors (Lipinski definition) is 0. The molecule has 0 spiro atoms. The van der Waals surface area contributed by atoms with Gasteiger partial charge >= 0.3 is 5.97 Å². The summed E-state index contributed by atoms with van der Waals surface area (Å²) in [6.45, 7) is 5.75. The van der Waals surface area contributed by atoms with Gasteiger partial charge in [0.25, 0.3) is 0 Å². The molecule has 0 aliphatic carbocycles. The fourth-order valence-corrected chi connectivity index (χ4v) is 1.80. The first-order valence-corrected chi connectivity index (χ1v) is 7.37. The molecule has 3 heteroatoms. The van der Waals surface area contributed by atoms with E-state index in [4.69, 9.17) is 22.8 Å². The molecule has 0 aliphatic heterocycles. The molecule has 1 rings (SSSR count). The second-order valence-electron chi connectivity index (χ2n) is 5.44. The quantitative estimate of drug-likeness (QED) is 0.431. The highest BCUT2D eigenvalue weighted by molar-refractivity contribution is 6.30. The van der Waals surface area contributed by atoms with Crippen molar-refractivity contribution in [1.29, 1.82) is 0 Å². The van der Waals surface area contributed by atoms with Gasteiger partial charge in [-0.3, -0.25) is 0 Å². The van der Waals surface area contributed by atoms with Gasteiger partial charge in [-0.2, -0.15) is 0 Å². The molecular weight excluding hydrogens is 284 g/mol. The van der Waals surface area contributed by atoms with Gasteiger partial charge in [-0.15, -0.1) is 6.42 Å². The highest BCUT2D eigenvalue weighted by Gasteiger charge is 2.18. The van der Waals surface area contributed by atoms with Crippen LogP contribution in [-0.2, 0) is 9.53 Å². The van der Waals surface area contributed by atoms with Crippen molar-refractivity contribution in [3.8, 4) is 12.3 Å². The lowest BCUT2D eigenvalue weighted by atomic mass is 9.96. The third kappa shape index (κ3) is 6.06. The minimum absolute atomic E-state index is 0.0782. The smallest absolute Gasteiger partial charge is 0.330 e. The lowest BCUT2D eigenvalue weighted by molar-refractivity contribution is -0.150. The maximum atomic E-state index is 11.7. The molecule has 0 unspecified atom stereocenters. The molecule has 0 aromatic heterocycles. The second kappa shape index (κ2) is 7.90. The van der Waals surface area contributed by atoms with Gasteiger partial charge in [0.05, 0.1) is 0 Å². The van der Waals surface area contributed by atoms with Crippen LogP contribution in [0.5, 0.6) is 0 Å². The van der Waals surface area contributed by atoms with Gasteiger partial charge in [0.1, 0.15) is 5.60 Å². The predicted octanol–water partition coefficient (Wildman–Crippen LogP) is 4.73. The minimum Gasteiger partial charge on any atom is -0.457 e. The van der Waals surface area contributed by atoms with Gasteiger partial charge in [-0.05, 0) is 44.4 Å². The molecule has 0 heterocycles. The fourth-order valence-electron chi connectivity index (χ4n) is 1.67. The highest BCUT2D eigenvalue weighted by Crippen LogP contribution is 2.21. The number of benzene rings is 1. The van der Waals surface area contributed by atoms with Crippen molar-refractivity contribution < 1.29 is 9.53 Å². The van der Waals surface area contributed by atoms with E-state index in [-0.39, 0.29) is 11.9 Å². The fraction of sp³-hybridized carbons (Fsp3) is 0.389. The van der Waals surface area contributed by atoms with Gasteiger partial charge in [0.2, 0.25) is 0 Å². The summed E-state index contributed by atoms with van der Waals surface area (Å²) in [7, 11) is 0. The van der Waals surface area contributed by atoms with Crippen molar-refractivity contribution in [2.24, 2.45) is 0 Å². The average Bonchev–Trinajstić information content (AvgIpc) is 2.44. The molecule has 0 saturated heterocycles. The molecule has 0 aliphatic rings. The van der Waals surface area contributed by atoms with Gasteiger partial charge in [-0.25, -0.2) is 4.79 Å². The summed E-state index contributed by atoms with van der Waals surface area (Å²) in [6, 6.07) is 7.42. The van der Waals surface area contributed by atoms with E-state index in [2.05, 4.69) is 5.92 Å². The van der Waals surface area contributed by atoms with Crippen molar-refractivity contribution in [1.82, 2.24) is 0 Å². The molecule has 1 aromatic rings. The van der Waals surface area contributed by atoms with Crippen LogP contribution in [0.25, 0.3) is 0 Å². The first-order valence-electron chi connectivity index (χ1n) is 6.99. The van der Waals surface area contributed by atoms with Crippen LogP contribution >= 0.6 is 11.6 Å². The number of rotatable bonds is 6. The number of allylic oxidation sites excluding steroid dienone is 1. The molecular formula is C18H21ClO2. The molecule has 0 radical (unpaired) electrons. The maximum Gasteiger partial charge on any atom is 0.330 e. The molecule has 2 nitrogen and oxygen atoms in total. The number of halogens is 1. The Morgan fingerprint density at radius 2 is 2.05 bits per heavy atom. The Labute approximate surface area is 132 Å². The average molecular weight is 305 g/mol. The van der Waals surface area contributed by atoms with Crippen LogP contribution in [0, 0.1) is 12.3 Å². The summed E-state index contributed by atoms with van der Waals surface area (Å²) in [5.41, 5.74) is 0.567. The Morgan fingerprint density at radius 3 is 2.57 bits per heavy atom. The van der Waals surface area contributed by atoms with E-state index >= 15 is 0 Å². The van der Waals surface area contributed by atoms with Crippen LogP contribution in [0.3, 0.4) is 0 Å². The molecule has 0 saturated carbocycles. The summed E-state index contributed by atoms with van der Waals surface area (Å²) < 4.78 is 5.33. The third-order valence-electron chi connectivity index (χ3n) is 3.33. The second-order valence-corrected chi connectivity index (χ2v) is 5.88. The van der Waals surface area contributed by atoms with Crippen molar-refractivity contribution in [3.05, 3.63) is 47.0 Å². The first kappa shape index (κ1) is 17.3. The SMILES string of the molecule is C#C[C@@H](C/C=C/C(=O)OC(C)(C)CC)c1ccc(Cl)cc1. The number of esters is 1. The molecule has 112 valence electrons. The Hall–Kier alpha value is -1.72. The number of carbonyl (C=O) groups is 1. The lowest BCUT2D eigenvalue weighted by Gasteiger charge is -2.22. The predicted molar refractivity (Wildman–Crippen MR) is 87.2 cm³/mol. The number of carbonyl (C=O) groups excluding carboxylic acids is 1. The summed E-state index contributed by atoms with van der Waals surface area (Å²) in [5, 5.41) is 0.676. The van der Waals surface area contributed by atoms with Crippen LogP contribution < -0.4 is 0 Å². The lowest BCUT2D eigenvalue weighted by Crippen LogP contribution is -2.25. The Bertz CT molecular complexity index is 535. The van der Waals surface area contributed by atoms with Crippen LogP contribution in [0.2, 0.25) is 5.02 Å². The molecule has 0 bridgehead atoms. The minimum atomic E-state index is -0.441. The van der Waals surface area contributed by atoms with E-state index in [1.54, 1.807) is 6.08 Å². The molecule has 21 heavy (non-hydrogen) atoms. The van der Waals surface area contributed by atoms with Gasteiger partial charge in [0.15, 0.2) is 0 Å². The van der Waals surface area contributed by atoms with Crippen molar-refractivity contribution in [3.63, 3.8) is 0 Å². The largest absolute Gasteiger partial charge is 0.457 e. The Balaban J connectivity index is 2.60. The summed E-state index contributed by atoms with van der Waals surface area (Å²) in [6.07, 6.45) is 10.1. The Kier molecular flexibility index (Phi) is 6.52. The van der Waals surface area contributed by atoms with Gasteiger partial charge in [0, 0.05) is 17.0 Å². The maximum absolute atomic E-state index is 11.7.